The van der Waals surface area contributed by atoms with Crippen LogP contribution in [0.2, 0.25) is 0 Å². The first-order chi connectivity index (χ1) is 29.7. The number of para-hydroxylation sites is 1. The van der Waals surface area contributed by atoms with Crippen LogP contribution in [0.3, 0.4) is 0 Å². The summed E-state index contributed by atoms with van der Waals surface area (Å²) >= 11 is 0. The van der Waals surface area contributed by atoms with Crippen molar-refractivity contribution in [2.45, 2.75) is 0 Å². The highest BCUT2D eigenvalue weighted by atomic mass is 14.9. The quantitative estimate of drug-likeness (QED) is 0.164. The van der Waals surface area contributed by atoms with E-state index in [0.717, 1.165) is 61.4 Å². The van der Waals surface area contributed by atoms with Crippen LogP contribution in [0.15, 0.2) is 212 Å². The number of rotatable bonds is 5. The molecule has 12 aromatic rings. The van der Waals surface area contributed by atoms with E-state index >= 15 is 0 Å². The van der Waals surface area contributed by atoms with Crippen LogP contribution >= 0.6 is 0 Å². The predicted molar refractivity (Wildman–Crippen MR) is 252 cm³/mol. The average Bonchev–Trinajstić information content (AvgIpc) is 3.33. The lowest BCUT2D eigenvalue weighted by Gasteiger charge is -2.16. The minimum atomic E-state index is 0.705. The van der Waals surface area contributed by atoms with Crippen LogP contribution in [-0.4, -0.2) is 15.0 Å². The third-order valence-electron chi connectivity index (χ3n) is 12.0. The van der Waals surface area contributed by atoms with Gasteiger partial charge in [0.1, 0.15) is 0 Å². The third-order valence-corrected chi connectivity index (χ3v) is 12.0. The van der Waals surface area contributed by atoms with Crippen LogP contribution in [0.25, 0.3) is 121 Å². The lowest BCUT2D eigenvalue weighted by molar-refractivity contribution is 1.18. The van der Waals surface area contributed by atoms with Crippen molar-refractivity contribution in [3.05, 3.63) is 212 Å². The summed E-state index contributed by atoms with van der Waals surface area (Å²) in [7, 11) is 0. The van der Waals surface area contributed by atoms with Crippen molar-refractivity contribution >= 4 is 64.8 Å². The van der Waals surface area contributed by atoms with E-state index in [4.69, 9.17) is 15.0 Å². The zero-order chi connectivity index (χ0) is 39.6. The molecule has 2 aromatic heterocycles. The van der Waals surface area contributed by atoms with Crippen molar-refractivity contribution in [2.24, 2.45) is 0 Å². The topological polar surface area (TPSA) is 38.7 Å². The maximum Gasteiger partial charge on any atom is 0.160 e. The van der Waals surface area contributed by atoms with Crippen LogP contribution in [0.4, 0.5) is 0 Å². The van der Waals surface area contributed by atoms with Crippen molar-refractivity contribution in [3.63, 3.8) is 0 Å². The Balaban J connectivity index is 0.945. The lowest BCUT2D eigenvalue weighted by atomic mass is 9.89. The van der Waals surface area contributed by atoms with Crippen LogP contribution in [0.1, 0.15) is 0 Å². The summed E-state index contributed by atoms with van der Waals surface area (Å²) in [6.07, 6.45) is 0. The number of hydrogen-bond acceptors (Lipinski definition) is 3. The van der Waals surface area contributed by atoms with Gasteiger partial charge in [0.25, 0.3) is 0 Å². The molecular weight excluding hydrogens is 727 g/mol. The molecule has 0 bridgehead atoms. The zero-order valence-electron chi connectivity index (χ0n) is 32.5. The van der Waals surface area contributed by atoms with Crippen molar-refractivity contribution < 1.29 is 0 Å². The lowest BCUT2D eigenvalue weighted by Crippen LogP contribution is -1.96. The molecule has 0 spiro atoms. The van der Waals surface area contributed by atoms with Gasteiger partial charge in [0, 0.05) is 38.4 Å². The van der Waals surface area contributed by atoms with Gasteiger partial charge in [0.2, 0.25) is 0 Å². The predicted octanol–water partition coefficient (Wildman–Crippen LogP) is 15.1. The number of nitrogens with zero attached hydrogens (tertiary/aromatic N) is 3. The molecule has 3 nitrogen and oxygen atoms in total. The molecular formula is C57H35N3. The van der Waals surface area contributed by atoms with E-state index < -0.39 is 0 Å². The van der Waals surface area contributed by atoms with Crippen molar-refractivity contribution in [1.29, 1.82) is 0 Å². The van der Waals surface area contributed by atoms with Gasteiger partial charge in [-0.1, -0.05) is 188 Å². The molecule has 10 aromatic carbocycles. The molecule has 0 aliphatic rings. The number of aromatic nitrogens is 3. The third kappa shape index (κ3) is 5.71. The monoisotopic (exact) mass is 761 g/mol. The fourth-order valence-electron chi connectivity index (χ4n) is 9.04. The van der Waals surface area contributed by atoms with Crippen molar-refractivity contribution in [2.75, 3.05) is 0 Å². The van der Waals surface area contributed by atoms with E-state index in [1.165, 1.54) is 53.9 Å². The van der Waals surface area contributed by atoms with E-state index in [-0.39, 0.29) is 0 Å². The van der Waals surface area contributed by atoms with Gasteiger partial charge in [0.15, 0.2) is 5.82 Å². The first-order valence-corrected chi connectivity index (χ1v) is 20.4. The summed E-state index contributed by atoms with van der Waals surface area (Å²) in [4.78, 5) is 15.7. The molecule has 0 N–H and O–H groups in total. The first-order valence-electron chi connectivity index (χ1n) is 20.4. The van der Waals surface area contributed by atoms with Crippen molar-refractivity contribution in [1.82, 2.24) is 15.0 Å². The molecule has 0 aliphatic carbocycles. The molecule has 12 rings (SSSR count). The van der Waals surface area contributed by atoms with E-state index in [9.17, 15) is 0 Å². The zero-order valence-corrected chi connectivity index (χ0v) is 32.5. The average molecular weight is 762 g/mol. The summed E-state index contributed by atoms with van der Waals surface area (Å²) in [5.74, 6) is 0.705. The van der Waals surface area contributed by atoms with Gasteiger partial charge in [-0.2, -0.15) is 0 Å². The molecule has 0 amide bonds. The van der Waals surface area contributed by atoms with Crippen LogP contribution in [0.5, 0.6) is 0 Å². The minimum absolute atomic E-state index is 0.705. The van der Waals surface area contributed by atoms with Gasteiger partial charge in [-0.15, -0.1) is 0 Å². The standard InChI is InChI=1S/C57H35N3/c1-3-13-42-33-44(31-25-36(42)11-1)53-35-52(59-57(60-53)45-32-26-37-12-2-4-14-43(37)34-45)40-27-21-38(22-28-40)39-23-29-41(30-24-39)56-55-49-18-8-6-16-47(49)46-15-5-7-17-48(46)54(55)50-19-9-10-20-51(50)58-56/h1-35H. The van der Waals surface area contributed by atoms with Crippen LogP contribution in [0, 0.1) is 0 Å². The molecule has 0 saturated carbocycles. The molecule has 3 heteroatoms. The van der Waals surface area contributed by atoms with Gasteiger partial charge in [0.05, 0.1) is 22.6 Å². The summed E-state index contributed by atoms with van der Waals surface area (Å²) in [6, 6.07) is 75.7. The molecule has 278 valence electrons. The van der Waals surface area contributed by atoms with E-state index in [0.29, 0.717) is 5.82 Å². The van der Waals surface area contributed by atoms with Gasteiger partial charge in [-0.3, -0.25) is 0 Å². The Hall–Kier alpha value is -8.01. The Morgan fingerprint density at radius 1 is 0.250 bits per heavy atom. The summed E-state index contributed by atoms with van der Waals surface area (Å²) in [6.45, 7) is 0. The molecule has 0 fully saturated rings. The van der Waals surface area contributed by atoms with Gasteiger partial charge in [-0.05, 0) is 78.5 Å². The van der Waals surface area contributed by atoms with Crippen molar-refractivity contribution in [3.8, 4) is 56.3 Å². The van der Waals surface area contributed by atoms with Crippen LogP contribution < -0.4 is 0 Å². The molecule has 2 heterocycles. The highest BCUT2D eigenvalue weighted by molar-refractivity contribution is 6.33. The van der Waals surface area contributed by atoms with E-state index in [1.54, 1.807) is 0 Å². The molecule has 60 heavy (non-hydrogen) atoms. The number of hydrogen-bond donors (Lipinski definition) is 0. The summed E-state index contributed by atoms with van der Waals surface area (Å²) in [5.41, 5.74) is 10.2. The molecule has 0 atom stereocenters. The Morgan fingerprint density at radius 2 is 0.683 bits per heavy atom. The second kappa shape index (κ2) is 13.8. The second-order valence-electron chi connectivity index (χ2n) is 15.6. The Kier molecular flexibility index (Phi) is 7.85. The normalized spacial score (nSPS) is 11.7. The number of benzene rings is 10. The SMILES string of the molecule is c1ccc2cc(-c3cc(-c4ccc(-c5ccc(-c6nc7ccccc7c7c8ccccc8c8ccccc8c67)cc5)cc4)nc(-c4ccc5ccccc5c4)n3)ccc2c1. The summed E-state index contributed by atoms with van der Waals surface area (Å²) < 4.78 is 0. The smallest absolute Gasteiger partial charge is 0.160 e. The molecule has 0 aliphatic heterocycles. The van der Waals surface area contributed by atoms with Gasteiger partial charge in [-0.25, -0.2) is 15.0 Å². The maximum atomic E-state index is 5.35. The number of fused-ring (bicyclic) bond motifs is 10. The number of pyridine rings is 1. The highest BCUT2D eigenvalue weighted by Crippen LogP contribution is 2.43. The van der Waals surface area contributed by atoms with E-state index in [1.807, 2.05) is 0 Å². The minimum Gasteiger partial charge on any atom is -0.247 e. The maximum absolute atomic E-state index is 5.35. The second-order valence-corrected chi connectivity index (χ2v) is 15.6. The van der Waals surface area contributed by atoms with Gasteiger partial charge < -0.3 is 0 Å². The Morgan fingerprint density at radius 3 is 1.32 bits per heavy atom. The molecule has 0 radical (unpaired) electrons. The molecule has 0 saturated heterocycles. The summed E-state index contributed by atoms with van der Waals surface area (Å²) in [5, 5.41) is 13.3. The first kappa shape index (κ1) is 34.1. The van der Waals surface area contributed by atoms with Gasteiger partial charge >= 0.3 is 0 Å². The Bertz CT molecular complexity index is 3550. The van der Waals surface area contributed by atoms with Crippen LogP contribution in [-0.2, 0) is 0 Å². The highest BCUT2D eigenvalue weighted by Gasteiger charge is 2.18. The molecule has 0 unspecified atom stereocenters. The Labute approximate surface area is 346 Å². The van der Waals surface area contributed by atoms with E-state index in [2.05, 4.69) is 212 Å². The fraction of sp³-hybridized carbons (Fsp3) is 0. The fourth-order valence-corrected chi connectivity index (χ4v) is 9.04. The largest absolute Gasteiger partial charge is 0.247 e.